The number of ketones is 1. The molecule has 2 aromatic heterocycles. The summed E-state index contributed by atoms with van der Waals surface area (Å²) in [5, 5.41) is 4.34. The molecule has 148 valence electrons. The van der Waals surface area contributed by atoms with E-state index < -0.39 is 17.7 Å². The summed E-state index contributed by atoms with van der Waals surface area (Å²) in [5.74, 6) is 0.0527. The van der Waals surface area contributed by atoms with Crippen molar-refractivity contribution >= 4 is 23.2 Å². The second-order valence-corrected chi connectivity index (χ2v) is 8.76. The van der Waals surface area contributed by atoms with Crippen LogP contribution in [-0.4, -0.2) is 25.9 Å². The summed E-state index contributed by atoms with van der Waals surface area (Å²) in [4.78, 5) is 31.4. The van der Waals surface area contributed by atoms with Gasteiger partial charge >= 0.3 is 0 Å². The summed E-state index contributed by atoms with van der Waals surface area (Å²) in [6.45, 7) is 5.27. The first-order valence-electron chi connectivity index (χ1n) is 9.40. The first kappa shape index (κ1) is 18.1. The molecule has 0 aliphatic carbocycles. The second kappa shape index (κ2) is 6.00. The molecule has 2 aliphatic heterocycles. The lowest BCUT2D eigenvalue weighted by Gasteiger charge is -2.45. The molecule has 0 radical (unpaired) electrons. The number of fused-ring (bicyclic) bond motifs is 6. The van der Waals surface area contributed by atoms with E-state index in [0.717, 1.165) is 16.8 Å². The van der Waals surface area contributed by atoms with Crippen LogP contribution in [0.2, 0.25) is 0 Å². The molecule has 0 saturated heterocycles. The molecule has 2 aliphatic rings. The summed E-state index contributed by atoms with van der Waals surface area (Å²) in [6, 6.07) is 7.13. The van der Waals surface area contributed by atoms with Crippen LogP contribution in [0.25, 0.3) is 6.08 Å². The van der Waals surface area contributed by atoms with Gasteiger partial charge in [-0.2, -0.15) is 5.10 Å². The minimum atomic E-state index is -1.04. The van der Waals surface area contributed by atoms with Crippen LogP contribution in [0.5, 0.6) is 5.75 Å². The van der Waals surface area contributed by atoms with Crippen molar-refractivity contribution in [1.82, 2.24) is 14.3 Å². The Morgan fingerprint density at radius 2 is 2.10 bits per heavy atom. The van der Waals surface area contributed by atoms with Crippen LogP contribution >= 0.6 is 11.3 Å². The Hall–Kier alpha value is -3.00. The van der Waals surface area contributed by atoms with E-state index in [1.807, 2.05) is 57.4 Å². The molecule has 3 atom stereocenters. The van der Waals surface area contributed by atoms with Crippen molar-refractivity contribution in [3.8, 4) is 5.75 Å². The summed E-state index contributed by atoms with van der Waals surface area (Å²) in [6.07, 6.45) is 3.73. The summed E-state index contributed by atoms with van der Waals surface area (Å²) < 4.78 is 10.1. The molecule has 7 nitrogen and oxygen atoms in total. The lowest BCUT2D eigenvalue weighted by atomic mass is 9.79. The highest BCUT2D eigenvalue weighted by molar-refractivity contribution is 7.07. The van der Waals surface area contributed by atoms with E-state index in [-0.39, 0.29) is 11.3 Å². The van der Waals surface area contributed by atoms with Crippen LogP contribution < -0.4 is 19.6 Å². The zero-order valence-electron chi connectivity index (χ0n) is 16.5. The molecular formula is C21H20N4O3S. The molecule has 2 bridgehead atoms. The number of rotatable bonds is 2. The Kier molecular flexibility index (Phi) is 3.73. The van der Waals surface area contributed by atoms with Gasteiger partial charge in [0.05, 0.1) is 16.3 Å². The van der Waals surface area contributed by atoms with Gasteiger partial charge in [0.15, 0.2) is 4.80 Å². The average molecular weight is 408 g/mol. The fraction of sp³-hybridized carbons (Fsp3) is 0.333. The number of ether oxygens (including phenoxy) is 1. The van der Waals surface area contributed by atoms with Gasteiger partial charge in [-0.25, -0.2) is 4.99 Å². The van der Waals surface area contributed by atoms with E-state index in [2.05, 4.69) is 5.10 Å². The van der Waals surface area contributed by atoms with Crippen LogP contribution in [-0.2, 0) is 11.8 Å². The number of hydrogen-bond donors (Lipinski definition) is 0. The zero-order chi connectivity index (χ0) is 20.5. The predicted octanol–water partition coefficient (Wildman–Crippen LogP) is 1.32. The fourth-order valence-electron chi connectivity index (χ4n) is 4.46. The van der Waals surface area contributed by atoms with Gasteiger partial charge in [0.25, 0.3) is 5.56 Å². The first-order valence-corrected chi connectivity index (χ1v) is 10.2. The van der Waals surface area contributed by atoms with Crippen molar-refractivity contribution in [1.29, 1.82) is 0 Å². The maximum Gasteiger partial charge on any atom is 0.270 e. The Morgan fingerprint density at radius 1 is 1.34 bits per heavy atom. The normalized spacial score (nSPS) is 25.0. The smallest absolute Gasteiger partial charge is 0.270 e. The Labute approximate surface area is 170 Å². The van der Waals surface area contributed by atoms with Gasteiger partial charge in [-0.3, -0.25) is 18.8 Å². The number of aryl methyl sites for hydroxylation is 2. The average Bonchev–Trinajstić information content (AvgIpc) is 3.11. The monoisotopic (exact) mass is 408 g/mol. The quantitative estimate of drug-likeness (QED) is 0.641. The van der Waals surface area contributed by atoms with E-state index in [4.69, 9.17) is 9.73 Å². The van der Waals surface area contributed by atoms with E-state index in [0.29, 0.717) is 15.1 Å². The number of benzene rings is 1. The molecule has 5 rings (SSSR count). The highest BCUT2D eigenvalue weighted by Gasteiger charge is 2.53. The summed E-state index contributed by atoms with van der Waals surface area (Å²) in [5.41, 5.74) is 1.39. The molecule has 29 heavy (non-hydrogen) atoms. The van der Waals surface area contributed by atoms with Gasteiger partial charge in [-0.1, -0.05) is 29.5 Å². The largest absolute Gasteiger partial charge is 0.465 e. The lowest BCUT2D eigenvalue weighted by Crippen LogP contribution is -2.58. The van der Waals surface area contributed by atoms with Crippen molar-refractivity contribution in [2.75, 3.05) is 0 Å². The number of aromatic nitrogens is 3. The third kappa shape index (κ3) is 2.55. The molecule has 4 heterocycles. The van der Waals surface area contributed by atoms with Gasteiger partial charge in [-0.15, -0.1) is 0 Å². The number of carbonyl (C=O) groups excluding carboxylic acids is 1. The lowest BCUT2D eigenvalue weighted by molar-refractivity contribution is -0.132. The number of carbonyl (C=O) groups is 1. The third-order valence-corrected chi connectivity index (χ3v) is 6.64. The van der Waals surface area contributed by atoms with Crippen molar-refractivity contribution in [2.45, 2.75) is 32.5 Å². The van der Waals surface area contributed by atoms with E-state index in [1.165, 1.54) is 18.3 Å². The van der Waals surface area contributed by atoms with Gasteiger partial charge in [-0.05, 0) is 32.9 Å². The van der Waals surface area contributed by atoms with Crippen LogP contribution in [0.1, 0.15) is 36.7 Å². The SMILES string of the molecule is CC(=O)[C@H]1[C@@H]2c3ccccc3O[C@]1(C)N=c1s/c(=C/c3cn(C)nc3C)c(=O)n12. The minimum absolute atomic E-state index is 0.0480. The Bertz CT molecular complexity index is 1350. The van der Waals surface area contributed by atoms with Crippen LogP contribution in [0.15, 0.2) is 40.2 Å². The number of para-hydroxylation sites is 1. The van der Waals surface area contributed by atoms with Crippen molar-refractivity contribution in [3.05, 3.63) is 67.0 Å². The fourth-order valence-corrected chi connectivity index (χ4v) is 5.55. The number of thiazole rings is 1. The van der Waals surface area contributed by atoms with E-state index >= 15 is 0 Å². The molecule has 0 saturated carbocycles. The zero-order valence-corrected chi connectivity index (χ0v) is 17.4. The van der Waals surface area contributed by atoms with Gasteiger partial charge in [0, 0.05) is 24.4 Å². The first-order chi connectivity index (χ1) is 13.8. The van der Waals surface area contributed by atoms with Crippen LogP contribution in [0.3, 0.4) is 0 Å². The molecule has 0 N–H and O–H groups in total. The molecule has 1 aromatic carbocycles. The summed E-state index contributed by atoms with van der Waals surface area (Å²) in [7, 11) is 1.85. The van der Waals surface area contributed by atoms with Crippen molar-refractivity contribution < 1.29 is 9.53 Å². The Balaban J connectivity index is 1.82. The van der Waals surface area contributed by atoms with Gasteiger partial charge in [0.1, 0.15) is 17.5 Å². The predicted molar refractivity (Wildman–Crippen MR) is 109 cm³/mol. The minimum Gasteiger partial charge on any atom is -0.465 e. The number of nitrogens with zero attached hydrogens (tertiary/aromatic N) is 4. The highest BCUT2D eigenvalue weighted by atomic mass is 32.1. The number of Topliss-reactive ketones (excluding diaryl/α,β-unsaturated/α-hetero) is 1. The van der Waals surface area contributed by atoms with Crippen LogP contribution in [0, 0.1) is 12.8 Å². The molecular weight excluding hydrogens is 388 g/mol. The standard InChI is InChI=1S/C21H20N4O3S/c1-11-13(10-24(4)23-11)9-16-19(27)25-18-14-7-5-6-8-15(14)28-21(3,17(18)12(2)26)22-20(25)29-16/h5-10,17-18H,1-4H3/b16-9+/t17-,18-,21-/m0/s1. The molecule has 0 spiro atoms. The highest BCUT2D eigenvalue weighted by Crippen LogP contribution is 2.47. The van der Waals surface area contributed by atoms with Crippen molar-refractivity contribution in [2.24, 2.45) is 18.0 Å². The molecule has 3 aromatic rings. The molecule has 8 heteroatoms. The maximum absolute atomic E-state index is 13.4. The summed E-state index contributed by atoms with van der Waals surface area (Å²) >= 11 is 1.32. The maximum atomic E-state index is 13.4. The second-order valence-electron chi connectivity index (χ2n) is 7.75. The third-order valence-electron chi connectivity index (χ3n) is 5.66. The topological polar surface area (TPSA) is 78.5 Å². The molecule has 0 fully saturated rings. The van der Waals surface area contributed by atoms with E-state index in [9.17, 15) is 9.59 Å². The van der Waals surface area contributed by atoms with Crippen molar-refractivity contribution in [3.63, 3.8) is 0 Å². The molecule has 0 amide bonds. The molecule has 0 unspecified atom stereocenters. The van der Waals surface area contributed by atoms with E-state index in [1.54, 1.807) is 9.25 Å². The van der Waals surface area contributed by atoms with Gasteiger partial charge in [0.2, 0.25) is 5.72 Å². The van der Waals surface area contributed by atoms with Crippen LogP contribution in [0.4, 0.5) is 0 Å². The Morgan fingerprint density at radius 3 is 2.79 bits per heavy atom. The number of hydrogen-bond acceptors (Lipinski definition) is 6. The van der Waals surface area contributed by atoms with Gasteiger partial charge < -0.3 is 4.74 Å².